The molecule has 0 unspecified atom stereocenters. The number of carbonyl (C=O) groups is 1. The Kier molecular flexibility index (Phi) is 4.20. The third kappa shape index (κ3) is 3.47. The molecule has 0 fully saturated rings. The van der Waals surface area contributed by atoms with E-state index in [1.165, 1.54) is 12.1 Å². The van der Waals surface area contributed by atoms with Crippen molar-refractivity contribution < 1.29 is 19.4 Å². The summed E-state index contributed by atoms with van der Waals surface area (Å²) in [6.07, 6.45) is 0. The molecule has 1 aromatic heterocycles. The standard InChI is InChI=1S/C15H15NO4/c1-10-6-12(15(17)18)8-14(16-10)20-9-11-4-3-5-13(7-11)19-2/h3-8H,9H2,1-2H3,(H,17,18). The van der Waals surface area contributed by atoms with Crippen molar-refractivity contribution in [1.29, 1.82) is 0 Å². The topological polar surface area (TPSA) is 68.7 Å². The summed E-state index contributed by atoms with van der Waals surface area (Å²) >= 11 is 0. The fourth-order valence-electron chi connectivity index (χ4n) is 1.76. The minimum absolute atomic E-state index is 0.165. The molecule has 1 aromatic carbocycles. The van der Waals surface area contributed by atoms with Crippen molar-refractivity contribution in [3.8, 4) is 11.6 Å². The first-order valence-electron chi connectivity index (χ1n) is 6.06. The largest absolute Gasteiger partial charge is 0.497 e. The van der Waals surface area contributed by atoms with E-state index in [9.17, 15) is 4.79 Å². The Labute approximate surface area is 116 Å². The van der Waals surface area contributed by atoms with Gasteiger partial charge in [0.1, 0.15) is 12.4 Å². The molecule has 5 heteroatoms. The monoisotopic (exact) mass is 273 g/mol. The van der Waals surface area contributed by atoms with Gasteiger partial charge in [0.05, 0.1) is 12.7 Å². The smallest absolute Gasteiger partial charge is 0.335 e. The molecule has 0 aliphatic carbocycles. The van der Waals surface area contributed by atoms with Gasteiger partial charge in [0.2, 0.25) is 5.88 Å². The molecule has 0 amide bonds. The van der Waals surface area contributed by atoms with E-state index in [0.29, 0.717) is 18.2 Å². The minimum Gasteiger partial charge on any atom is -0.497 e. The molecule has 1 N–H and O–H groups in total. The molecule has 2 rings (SSSR count). The van der Waals surface area contributed by atoms with Crippen LogP contribution in [0.15, 0.2) is 36.4 Å². The van der Waals surface area contributed by atoms with E-state index < -0.39 is 5.97 Å². The quantitative estimate of drug-likeness (QED) is 0.907. The number of benzene rings is 1. The second kappa shape index (κ2) is 6.06. The molecule has 104 valence electrons. The Hall–Kier alpha value is -2.56. The zero-order valence-electron chi connectivity index (χ0n) is 11.3. The van der Waals surface area contributed by atoms with Gasteiger partial charge in [-0.25, -0.2) is 9.78 Å². The van der Waals surface area contributed by atoms with Gasteiger partial charge in [0.25, 0.3) is 0 Å². The summed E-state index contributed by atoms with van der Waals surface area (Å²) in [6, 6.07) is 10.4. The van der Waals surface area contributed by atoms with Gasteiger partial charge in [-0.2, -0.15) is 0 Å². The number of hydrogen-bond donors (Lipinski definition) is 1. The van der Waals surface area contributed by atoms with Crippen LogP contribution in [-0.4, -0.2) is 23.2 Å². The summed E-state index contributed by atoms with van der Waals surface area (Å²) in [7, 11) is 1.60. The number of nitrogens with zero attached hydrogens (tertiary/aromatic N) is 1. The molecular weight excluding hydrogens is 258 g/mol. The van der Waals surface area contributed by atoms with Crippen molar-refractivity contribution in [3.05, 3.63) is 53.2 Å². The number of carboxylic acids is 1. The normalized spacial score (nSPS) is 10.1. The maximum Gasteiger partial charge on any atom is 0.335 e. The summed E-state index contributed by atoms with van der Waals surface area (Å²) in [6.45, 7) is 2.03. The highest BCUT2D eigenvalue weighted by molar-refractivity contribution is 5.87. The molecule has 0 aliphatic heterocycles. The van der Waals surface area contributed by atoms with Crippen molar-refractivity contribution in [1.82, 2.24) is 4.98 Å². The number of rotatable bonds is 5. The molecule has 0 radical (unpaired) electrons. The molecular formula is C15H15NO4. The molecule has 0 spiro atoms. The van der Waals surface area contributed by atoms with Gasteiger partial charge in [0, 0.05) is 11.8 Å². The first-order valence-corrected chi connectivity index (χ1v) is 6.06. The lowest BCUT2D eigenvalue weighted by Gasteiger charge is -2.08. The van der Waals surface area contributed by atoms with Gasteiger partial charge in [-0.05, 0) is 30.7 Å². The number of aryl methyl sites for hydroxylation is 1. The van der Waals surface area contributed by atoms with Crippen molar-refractivity contribution in [2.24, 2.45) is 0 Å². The zero-order chi connectivity index (χ0) is 14.5. The van der Waals surface area contributed by atoms with E-state index in [1.54, 1.807) is 14.0 Å². The van der Waals surface area contributed by atoms with E-state index in [-0.39, 0.29) is 5.56 Å². The SMILES string of the molecule is COc1cccc(COc2cc(C(=O)O)cc(C)n2)c1. The summed E-state index contributed by atoms with van der Waals surface area (Å²) < 4.78 is 10.7. The van der Waals surface area contributed by atoms with Crippen LogP contribution >= 0.6 is 0 Å². The third-order valence-electron chi connectivity index (χ3n) is 2.70. The summed E-state index contributed by atoms with van der Waals surface area (Å²) in [4.78, 5) is 15.1. The van der Waals surface area contributed by atoms with Crippen LogP contribution < -0.4 is 9.47 Å². The van der Waals surface area contributed by atoms with Crippen LogP contribution in [0.4, 0.5) is 0 Å². The minimum atomic E-state index is -0.998. The van der Waals surface area contributed by atoms with Gasteiger partial charge in [0.15, 0.2) is 0 Å². The summed E-state index contributed by atoms with van der Waals surface area (Å²) in [5.41, 5.74) is 1.69. The lowest BCUT2D eigenvalue weighted by Crippen LogP contribution is -2.02. The molecule has 5 nitrogen and oxygen atoms in total. The van der Waals surface area contributed by atoms with Crippen molar-refractivity contribution in [2.75, 3.05) is 7.11 Å². The number of hydrogen-bond acceptors (Lipinski definition) is 4. The van der Waals surface area contributed by atoms with E-state index >= 15 is 0 Å². The lowest BCUT2D eigenvalue weighted by atomic mass is 10.2. The van der Waals surface area contributed by atoms with Crippen molar-refractivity contribution in [3.63, 3.8) is 0 Å². The van der Waals surface area contributed by atoms with E-state index in [2.05, 4.69) is 4.98 Å². The second-order valence-electron chi connectivity index (χ2n) is 4.28. The van der Waals surface area contributed by atoms with Crippen LogP contribution in [0, 0.1) is 6.92 Å². The Bertz CT molecular complexity index is 625. The highest BCUT2D eigenvalue weighted by Gasteiger charge is 2.07. The zero-order valence-corrected chi connectivity index (χ0v) is 11.3. The van der Waals surface area contributed by atoms with Gasteiger partial charge in [-0.3, -0.25) is 0 Å². The number of carboxylic acid groups (broad SMARTS) is 1. The molecule has 0 aliphatic rings. The van der Waals surface area contributed by atoms with E-state index in [4.69, 9.17) is 14.6 Å². The molecule has 20 heavy (non-hydrogen) atoms. The van der Waals surface area contributed by atoms with Crippen LogP contribution in [0.5, 0.6) is 11.6 Å². The van der Waals surface area contributed by atoms with Gasteiger partial charge in [-0.15, -0.1) is 0 Å². The maximum atomic E-state index is 11.0. The number of aromatic carboxylic acids is 1. The first kappa shape index (κ1) is 13.9. The van der Waals surface area contributed by atoms with Crippen LogP contribution in [0.2, 0.25) is 0 Å². The predicted molar refractivity (Wildman–Crippen MR) is 73.3 cm³/mol. The predicted octanol–water partition coefficient (Wildman–Crippen LogP) is 2.68. The van der Waals surface area contributed by atoms with Crippen molar-refractivity contribution >= 4 is 5.97 Å². The van der Waals surface area contributed by atoms with Crippen LogP contribution in [0.25, 0.3) is 0 Å². The molecule has 0 bridgehead atoms. The van der Waals surface area contributed by atoms with Gasteiger partial charge >= 0.3 is 5.97 Å². The summed E-state index contributed by atoms with van der Waals surface area (Å²) in [5.74, 6) is 0.0430. The van der Waals surface area contributed by atoms with E-state index in [1.807, 2.05) is 24.3 Å². The molecule has 0 saturated carbocycles. The van der Waals surface area contributed by atoms with Crippen LogP contribution in [-0.2, 0) is 6.61 Å². The fourth-order valence-corrected chi connectivity index (χ4v) is 1.76. The number of methoxy groups -OCH3 is 1. The Balaban J connectivity index is 2.12. The Morgan fingerprint density at radius 1 is 1.30 bits per heavy atom. The maximum absolute atomic E-state index is 11.0. The average molecular weight is 273 g/mol. The van der Waals surface area contributed by atoms with Gasteiger partial charge in [-0.1, -0.05) is 12.1 Å². The Morgan fingerprint density at radius 2 is 2.10 bits per heavy atom. The van der Waals surface area contributed by atoms with E-state index in [0.717, 1.165) is 11.3 Å². The van der Waals surface area contributed by atoms with Crippen molar-refractivity contribution in [2.45, 2.75) is 13.5 Å². The number of aromatic nitrogens is 1. The lowest BCUT2D eigenvalue weighted by molar-refractivity contribution is 0.0696. The number of pyridine rings is 1. The molecule has 1 heterocycles. The highest BCUT2D eigenvalue weighted by Crippen LogP contribution is 2.17. The number of ether oxygens (including phenoxy) is 2. The highest BCUT2D eigenvalue weighted by atomic mass is 16.5. The van der Waals surface area contributed by atoms with Crippen LogP contribution in [0.3, 0.4) is 0 Å². The molecule has 0 atom stereocenters. The third-order valence-corrected chi connectivity index (χ3v) is 2.70. The van der Waals surface area contributed by atoms with Gasteiger partial charge < -0.3 is 14.6 Å². The average Bonchev–Trinajstić information content (AvgIpc) is 2.44. The second-order valence-corrected chi connectivity index (χ2v) is 4.28. The Morgan fingerprint density at radius 3 is 2.80 bits per heavy atom. The fraction of sp³-hybridized carbons (Fsp3) is 0.200. The molecule has 0 saturated heterocycles. The molecule has 2 aromatic rings. The van der Waals surface area contributed by atoms with Crippen LogP contribution in [0.1, 0.15) is 21.6 Å². The summed E-state index contributed by atoms with van der Waals surface area (Å²) in [5, 5.41) is 8.99. The first-order chi connectivity index (χ1) is 9.58.